The number of carbonyl (C=O) groups excluding carboxylic acids is 1. The average Bonchev–Trinajstić information content (AvgIpc) is 3.42. The Morgan fingerprint density at radius 1 is 1.12 bits per heavy atom. The van der Waals surface area contributed by atoms with Gasteiger partial charge >= 0.3 is 0 Å². The van der Waals surface area contributed by atoms with E-state index in [1.807, 2.05) is 24.3 Å². The third-order valence-electron chi connectivity index (χ3n) is 6.73. The number of pyridine rings is 1. The summed E-state index contributed by atoms with van der Waals surface area (Å²) >= 11 is 0. The lowest BCUT2D eigenvalue weighted by atomic mass is 9.80. The Kier molecular flexibility index (Phi) is 6.01. The van der Waals surface area contributed by atoms with Crippen molar-refractivity contribution in [3.05, 3.63) is 89.7 Å². The summed E-state index contributed by atoms with van der Waals surface area (Å²) in [6.45, 7) is 2.81. The third-order valence-corrected chi connectivity index (χ3v) is 6.73. The molecule has 170 valence electrons. The van der Waals surface area contributed by atoms with E-state index in [1.165, 1.54) is 16.8 Å². The second-order valence-corrected chi connectivity index (χ2v) is 8.90. The van der Waals surface area contributed by atoms with E-state index in [0.717, 1.165) is 30.8 Å². The minimum Gasteiger partial charge on any atom is -0.497 e. The third kappa shape index (κ3) is 4.44. The normalized spacial score (nSPS) is 21.2. The van der Waals surface area contributed by atoms with Gasteiger partial charge in [0.25, 0.3) is 0 Å². The lowest BCUT2D eigenvalue weighted by molar-refractivity contribution is -0.129. The summed E-state index contributed by atoms with van der Waals surface area (Å²) in [5.41, 5.74) is 4.75. The first-order valence-electron chi connectivity index (χ1n) is 11.4. The molecule has 6 nitrogen and oxygen atoms in total. The molecule has 0 radical (unpaired) electrons. The number of para-hydroxylation sites is 1. The predicted molar refractivity (Wildman–Crippen MR) is 127 cm³/mol. The van der Waals surface area contributed by atoms with E-state index in [0.29, 0.717) is 19.6 Å². The van der Waals surface area contributed by atoms with Gasteiger partial charge in [-0.2, -0.15) is 0 Å². The van der Waals surface area contributed by atoms with Gasteiger partial charge in [0, 0.05) is 43.1 Å². The zero-order valence-electron chi connectivity index (χ0n) is 18.9. The maximum absolute atomic E-state index is 12.8. The van der Waals surface area contributed by atoms with Crippen LogP contribution < -0.4 is 15.0 Å². The zero-order valence-corrected chi connectivity index (χ0v) is 18.9. The minimum atomic E-state index is -0.420. The lowest BCUT2D eigenvalue weighted by Crippen LogP contribution is -2.38. The highest BCUT2D eigenvalue weighted by atomic mass is 16.5. The molecule has 33 heavy (non-hydrogen) atoms. The summed E-state index contributed by atoms with van der Waals surface area (Å²) in [5, 5.41) is 3.06. The van der Waals surface area contributed by atoms with Gasteiger partial charge in [-0.15, -0.1) is 0 Å². The van der Waals surface area contributed by atoms with Gasteiger partial charge in [0.1, 0.15) is 11.9 Å². The van der Waals surface area contributed by atoms with Gasteiger partial charge in [0.2, 0.25) is 5.91 Å². The Morgan fingerprint density at radius 3 is 2.70 bits per heavy atom. The van der Waals surface area contributed by atoms with Crippen molar-refractivity contribution in [1.82, 2.24) is 10.3 Å². The molecule has 2 aromatic carbocycles. The molecular formula is C27H29N3O3. The van der Waals surface area contributed by atoms with Crippen LogP contribution in [0.25, 0.3) is 0 Å². The number of nitrogens with one attached hydrogen (secondary N) is 1. The zero-order chi connectivity index (χ0) is 22.7. The van der Waals surface area contributed by atoms with Gasteiger partial charge in [0.15, 0.2) is 0 Å². The standard InChI is InChI=1S/C27H29N3O3/c1-32-22-8-6-21(7-9-22)17-30-18-27(23-4-2-3-5-24(23)30)16-25(33-19-27)26(31)29-15-12-20-10-13-28-14-11-20/h2-11,13-14,25H,12,15-19H2,1H3,(H,29,31). The number of rotatable bonds is 7. The smallest absolute Gasteiger partial charge is 0.249 e. The second-order valence-electron chi connectivity index (χ2n) is 8.90. The monoisotopic (exact) mass is 443 g/mol. The minimum absolute atomic E-state index is 0.0213. The predicted octanol–water partition coefficient (Wildman–Crippen LogP) is 3.50. The van der Waals surface area contributed by atoms with Gasteiger partial charge in [0.05, 0.1) is 13.7 Å². The molecular weight excluding hydrogens is 414 g/mol. The van der Waals surface area contributed by atoms with E-state index in [1.54, 1.807) is 19.5 Å². The first-order valence-corrected chi connectivity index (χ1v) is 11.4. The molecule has 0 saturated carbocycles. The van der Waals surface area contributed by atoms with Crippen LogP contribution in [0.3, 0.4) is 0 Å². The van der Waals surface area contributed by atoms with Crippen molar-refractivity contribution in [1.29, 1.82) is 0 Å². The van der Waals surface area contributed by atoms with Gasteiger partial charge in [-0.1, -0.05) is 30.3 Å². The number of fused-ring (bicyclic) bond motifs is 2. The van der Waals surface area contributed by atoms with Crippen LogP contribution in [0.5, 0.6) is 5.75 Å². The molecule has 0 bridgehead atoms. The molecule has 2 atom stereocenters. The molecule has 3 aromatic rings. The number of aromatic nitrogens is 1. The van der Waals surface area contributed by atoms with Crippen LogP contribution in [0.15, 0.2) is 73.1 Å². The van der Waals surface area contributed by atoms with Crippen LogP contribution in [-0.4, -0.2) is 43.8 Å². The number of methoxy groups -OCH3 is 1. The summed E-state index contributed by atoms with van der Waals surface area (Å²) in [6.07, 6.45) is 4.61. The second kappa shape index (κ2) is 9.24. The number of amides is 1. The molecule has 5 rings (SSSR count). The SMILES string of the molecule is COc1ccc(CN2CC3(COC(C(=O)NCCc4ccncc4)C3)c3ccccc32)cc1. The topological polar surface area (TPSA) is 63.7 Å². The maximum Gasteiger partial charge on any atom is 0.249 e. The molecule has 1 saturated heterocycles. The molecule has 1 spiro atoms. The summed E-state index contributed by atoms with van der Waals surface area (Å²) < 4.78 is 11.4. The molecule has 2 unspecified atom stereocenters. The number of hydrogen-bond donors (Lipinski definition) is 1. The van der Waals surface area contributed by atoms with Gasteiger partial charge in [-0.25, -0.2) is 0 Å². The van der Waals surface area contributed by atoms with E-state index in [4.69, 9.17) is 9.47 Å². The summed E-state index contributed by atoms with van der Waals surface area (Å²) in [7, 11) is 1.68. The Morgan fingerprint density at radius 2 is 1.91 bits per heavy atom. The largest absolute Gasteiger partial charge is 0.497 e. The fourth-order valence-corrected chi connectivity index (χ4v) is 5.02. The lowest BCUT2D eigenvalue weighted by Gasteiger charge is -2.24. The molecule has 1 amide bonds. The van der Waals surface area contributed by atoms with Crippen molar-refractivity contribution >= 4 is 11.6 Å². The quantitative estimate of drug-likeness (QED) is 0.606. The first kappa shape index (κ1) is 21.5. The molecule has 1 fully saturated rings. The molecule has 6 heteroatoms. The van der Waals surface area contributed by atoms with Crippen LogP contribution in [-0.2, 0) is 27.9 Å². The van der Waals surface area contributed by atoms with Crippen LogP contribution in [0.1, 0.15) is 23.1 Å². The van der Waals surface area contributed by atoms with Crippen molar-refractivity contribution in [3.8, 4) is 5.75 Å². The van der Waals surface area contributed by atoms with Crippen molar-refractivity contribution in [2.75, 3.05) is 31.7 Å². The molecule has 1 aromatic heterocycles. The summed E-state index contributed by atoms with van der Waals surface area (Å²) in [4.78, 5) is 19.3. The molecule has 1 N–H and O–H groups in total. The number of ether oxygens (including phenoxy) is 2. The maximum atomic E-state index is 12.8. The number of nitrogens with zero attached hydrogens (tertiary/aromatic N) is 2. The van der Waals surface area contributed by atoms with Gasteiger partial charge < -0.3 is 19.7 Å². The van der Waals surface area contributed by atoms with Crippen LogP contribution in [0.4, 0.5) is 5.69 Å². The molecule has 2 aliphatic rings. The summed E-state index contributed by atoms with van der Waals surface area (Å²) in [6, 6.07) is 20.7. The van der Waals surface area contributed by atoms with Crippen LogP contribution in [0.2, 0.25) is 0 Å². The molecule has 2 aliphatic heterocycles. The number of benzene rings is 2. The number of carbonyl (C=O) groups is 1. The highest BCUT2D eigenvalue weighted by Gasteiger charge is 2.50. The fraction of sp³-hybridized carbons (Fsp3) is 0.333. The summed E-state index contributed by atoms with van der Waals surface area (Å²) in [5.74, 6) is 0.839. The van der Waals surface area contributed by atoms with E-state index < -0.39 is 6.10 Å². The Bertz CT molecular complexity index is 1100. The average molecular weight is 444 g/mol. The molecule has 3 heterocycles. The van der Waals surface area contributed by atoms with E-state index in [2.05, 4.69) is 51.6 Å². The van der Waals surface area contributed by atoms with Crippen LogP contribution >= 0.6 is 0 Å². The highest BCUT2D eigenvalue weighted by Crippen LogP contribution is 2.47. The van der Waals surface area contributed by atoms with E-state index in [9.17, 15) is 4.79 Å². The van der Waals surface area contributed by atoms with E-state index >= 15 is 0 Å². The molecule has 0 aliphatic carbocycles. The van der Waals surface area contributed by atoms with Gasteiger partial charge in [-0.3, -0.25) is 9.78 Å². The van der Waals surface area contributed by atoms with Gasteiger partial charge in [-0.05, 0) is 59.9 Å². The van der Waals surface area contributed by atoms with Crippen LogP contribution in [0, 0.1) is 0 Å². The van der Waals surface area contributed by atoms with Crippen molar-refractivity contribution in [3.63, 3.8) is 0 Å². The van der Waals surface area contributed by atoms with E-state index in [-0.39, 0.29) is 11.3 Å². The van der Waals surface area contributed by atoms with Crippen molar-refractivity contribution in [2.45, 2.75) is 30.9 Å². The Balaban J connectivity index is 1.25. The number of hydrogen-bond acceptors (Lipinski definition) is 5. The number of anilines is 1. The first-order chi connectivity index (χ1) is 16.2. The Labute approximate surface area is 194 Å². The Hall–Kier alpha value is -3.38. The fourth-order valence-electron chi connectivity index (χ4n) is 5.02. The van der Waals surface area contributed by atoms with Crippen molar-refractivity contribution < 1.29 is 14.3 Å². The highest BCUT2D eigenvalue weighted by molar-refractivity contribution is 5.81. The van der Waals surface area contributed by atoms with Crippen molar-refractivity contribution in [2.24, 2.45) is 0 Å².